The second-order valence-electron chi connectivity index (χ2n) is 4.63. The predicted octanol–water partition coefficient (Wildman–Crippen LogP) is 1.31. The van der Waals surface area contributed by atoms with Gasteiger partial charge in [-0.05, 0) is 43.6 Å². The van der Waals surface area contributed by atoms with Gasteiger partial charge >= 0.3 is 0 Å². The van der Waals surface area contributed by atoms with Crippen molar-refractivity contribution in [3.63, 3.8) is 0 Å². The first-order chi connectivity index (χ1) is 8.79. The van der Waals surface area contributed by atoms with Crippen LogP contribution in [0, 0.1) is 0 Å². The van der Waals surface area contributed by atoms with Gasteiger partial charge in [-0.3, -0.25) is 4.79 Å². The minimum absolute atomic E-state index is 0.0138. The van der Waals surface area contributed by atoms with Gasteiger partial charge in [0, 0.05) is 18.7 Å². The standard InChI is InChI=1S/C14H20N2O2/c1-18-10-11-3-2-4-12(9-11)14(17)16-13-5-7-15-8-6-13/h2-4,9,13,15H,5-8,10H2,1H3,(H,16,17). The highest BCUT2D eigenvalue weighted by Crippen LogP contribution is 2.08. The fourth-order valence-electron chi connectivity index (χ4n) is 2.20. The lowest BCUT2D eigenvalue weighted by molar-refractivity contribution is 0.0929. The summed E-state index contributed by atoms with van der Waals surface area (Å²) in [6, 6.07) is 7.89. The van der Waals surface area contributed by atoms with E-state index in [1.54, 1.807) is 7.11 Å². The molecule has 0 spiro atoms. The van der Waals surface area contributed by atoms with Crippen LogP contribution in [0.4, 0.5) is 0 Å². The summed E-state index contributed by atoms with van der Waals surface area (Å²) in [5.41, 5.74) is 1.73. The number of rotatable bonds is 4. The van der Waals surface area contributed by atoms with Crippen molar-refractivity contribution in [3.05, 3.63) is 35.4 Å². The molecule has 4 nitrogen and oxygen atoms in total. The Bertz CT molecular complexity index is 401. The molecule has 0 bridgehead atoms. The van der Waals surface area contributed by atoms with Crippen molar-refractivity contribution >= 4 is 5.91 Å². The smallest absolute Gasteiger partial charge is 0.251 e. The van der Waals surface area contributed by atoms with Crippen molar-refractivity contribution < 1.29 is 9.53 Å². The van der Waals surface area contributed by atoms with Gasteiger partial charge in [0.05, 0.1) is 6.61 Å². The third-order valence-corrected chi connectivity index (χ3v) is 3.17. The molecule has 1 aliphatic rings. The van der Waals surface area contributed by atoms with Crippen molar-refractivity contribution in [3.8, 4) is 0 Å². The minimum atomic E-state index is 0.0138. The second-order valence-corrected chi connectivity index (χ2v) is 4.63. The topological polar surface area (TPSA) is 50.4 Å². The van der Waals surface area contributed by atoms with E-state index < -0.39 is 0 Å². The lowest BCUT2D eigenvalue weighted by Crippen LogP contribution is -2.42. The lowest BCUT2D eigenvalue weighted by Gasteiger charge is -2.23. The number of ether oxygens (including phenoxy) is 1. The highest BCUT2D eigenvalue weighted by atomic mass is 16.5. The van der Waals surface area contributed by atoms with Gasteiger partial charge in [-0.15, -0.1) is 0 Å². The van der Waals surface area contributed by atoms with Crippen LogP contribution in [0.15, 0.2) is 24.3 Å². The molecular formula is C14H20N2O2. The summed E-state index contributed by atoms with van der Waals surface area (Å²) in [6.45, 7) is 2.50. The molecule has 1 saturated heterocycles. The molecule has 1 aliphatic heterocycles. The van der Waals surface area contributed by atoms with E-state index in [9.17, 15) is 4.79 Å². The molecule has 1 amide bonds. The number of carbonyl (C=O) groups is 1. The first kappa shape index (κ1) is 13.1. The first-order valence-corrected chi connectivity index (χ1v) is 6.39. The summed E-state index contributed by atoms with van der Waals surface area (Å²) in [4.78, 5) is 12.1. The van der Waals surface area contributed by atoms with Gasteiger partial charge in [0.25, 0.3) is 5.91 Å². The van der Waals surface area contributed by atoms with Crippen molar-refractivity contribution in [2.45, 2.75) is 25.5 Å². The molecule has 0 atom stereocenters. The Morgan fingerprint density at radius 1 is 1.44 bits per heavy atom. The van der Waals surface area contributed by atoms with Gasteiger partial charge in [0.2, 0.25) is 0 Å². The number of carbonyl (C=O) groups excluding carboxylic acids is 1. The number of nitrogens with one attached hydrogen (secondary N) is 2. The first-order valence-electron chi connectivity index (χ1n) is 6.39. The zero-order valence-electron chi connectivity index (χ0n) is 10.7. The average Bonchev–Trinajstić information content (AvgIpc) is 2.40. The number of methoxy groups -OCH3 is 1. The van der Waals surface area contributed by atoms with E-state index in [2.05, 4.69) is 10.6 Å². The van der Waals surface area contributed by atoms with E-state index in [0.29, 0.717) is 18.2 Å². The molecule has 1 aromatic carbocycles. The monoisotopic (exact) mass is 248 g/mol. The highest BCUT2D eigenvalue weighted by molar-refractivity contribution is 5.94. The fraction of sp³-hybridized carbons (Fsp3) is 0.500. The zero-order valence-corrected chi connectivity index (χ0v) is 10.7. The SMILES string of the molecule is COCc1cccc(C(=O)NC2CCNCC2)c1. The zero-order chi connectivity index (χ0) is 12.8. The number of hydrogen-bond acceptors (Lipinski definition) is 3. The number of piperidine rings is 1. The molecule has 4 heteroatoms. The molecule has 2 rings (SSSR count). The molecule has 0 aromatic heterocycles. The Balaban J connectivity index is 1.96. The van der Waals surface area contributed by atoms with Crippen LogP contribution >= 0.6 is 0 Å². The summed E-state index contributed by atoms with van der Waals surface area (Å²) in [6.07, 6.45) is 2.01. The van der Waals surface area contributed by atoms with E-state index in [4.69, 9.17) is 4.74 Å². The maximum Gasteiger partial charge on any atom is 0.251 e. The molecule has 1 heterocycles. The third kappa shape index (κ3) is 3.55. The average molecular weight is 248 g/mol. The molecule has 1 fully saturated rings. The van der Waals surface area contributed by atoms with Gasteiger partial charge in [0.1, 0.15) is 0 Å². The summed E-state index contributed by atoms with van der Waals surface area (Å²) in [5, 5.41) is 6.37. The van der Waals surface area contributed by atoms with Crippen molar-refractivity contribution in [2.75, 3.05) is 20.2 Å². The molecule has 0 radical (unpaired) electrons. The van der Waals surface area contributed by atoms with Crippen LogP contribution in [0.1, 0.15) is 28.8 Å². The molecule has 18 heavy (non-hydrogen) atoms. The van der Waals surface area contributed by atoms with Crippen LogP contribution in [-0.2, 0) is 11.3 Å². The maximum absolute atomic E-state index is 12.1. The molecule has 1 aromatic rings. The Morgan fingerprint density at radius 3 is 2.94 bits per heavy atom. The molecule has 0 unspecified atom stereocenters. The third-order valence-electron chi connectivity index (χ3n) is 3.17. The Kier molecular flexibility index (Phi) is 4.73. The summed E-state index contributed by atoms with van der Waals surface area (Å²) < 4.78 is 5.07. The fourth-order valence-corrected chi connectivity index (χ4v) is 2.20. The van der Waals surface area contributed by atoms with Crippen LogP contribution in [0.25, 0.3) is 0 Å². The Morgan fingerprint density at radius 2 is 2.22 bits per heavy atom. The van der Waals surface area contributed by atoms with Crippen LogP contribution in [0.2, 0.25) is 0 Å². The van der Waals surface area contributed by atoms with Crippen LogP contribution in [-0.4, -0.2) is 32.1 Å². The number of amides is 1. The molecule has 0 aliphatic carbocycles. The van der Waals surface area contributed by atoms with Crippen LogP contribution in [0.3, 0.4) is 0 Å². The normalized spacial score (nSPS) is 16.5. The Labute approximate surface area is 108 Å². The second kappa shape index (κ2) is 6.52. The predicted molar refractivity (Wildman–Crippen MR) is 70.5 cm³/mol. The summed E-state index contributed by atoms with van der Waals surface area (Å²) in [5.74, 6) is 0.0138. The number of hydrogen-bond donors (Lipinski definition) is 2. The molecular weight excluding hydrogens is 228 g/mol. The molecule has 98 valence electrons. The van der Waals surface area contributed by atoms with E-state index >= 15 is 0 Å². The summed E-state index contributed by atoms with van der Waals surface area (Å²) >= 11 is 0. The van der Waals surface area contributed by atoms with Crippen molar-refractivity contribution in [2.24, 2.45) is 0 Å². The van der Waals surface area contributed by atoms with Gasteiger partial charge in [-0.1, -0.05) is 12.1 Å². The number of benzene rings is 1. The quantitative estimate of drug-likeness (QED) is 0.845. The largest absolute Gasteiger partial charge is 0.380 e. The van der Waals surface area contributed by atoms with Crippen LogP contribution < -0.4 is 10.6 Å². The molecule has 0 saturated carbocycles. The van der Waals surface area contributed by atoms with E-state index in [1.807, 2.05) is 24.3 Å². The maximum atomic E-state index is 12.1. The minimum Gasteiger partial charge on any atom is -0.380 e. The highest BCUT2D eigenvalue weighted by Gasteiger charge is 2.16. The summed E-state index contributed by atoms with van der Waals surface area (Å²) in [7, 11) is 1.65. The van der Waals surface area contributed by atoms with Crippen molar-refractivity contribution in [1.29, 1.82) is 0 Å². The van der Waals surface area contributed by atoms with Crippen molar-refractivity contribution in [1.82, 2.24) is 10.6 Å². The van der Waals surface area contributed by atoms with E-state index in [-0.39, 0.29) is 5.91 Å². The Hall–Kier alpha value is -1.39. The molecule has 2 N–H and O–H groups in total. The van der Waals surface area contributed by atoms with Gasteiger partial charge in [-0.25, -0.2) is 0 Å². The van der Waals surface area contributed by atoms with Gasteiger partial charge < -0.3 is 15.4 Å². The lowest BCUT2D eigenvalue weighted by atomic mass is 10.1. The van der Waals surface area contributed by atoms with Gasteiger partial charge in [-0.2, -0.15) is 0 Å². The van der Waals surface area contributed by atoms with E-state index in [1.165, 1.54) is 0 Å². The van der Waals surface area contributed by atoms with Gasteiger partial charge in [0.15, 0.2) is 0 Å². The van der Waals surface area contributed by atoms with Crippen LogP contribution in [0.5, 0.6) is 0 Å². The van der Waals surface area contributed by atoms with E-state index in [0.717, 1.165) is 31.5 Å².